The normalized spacial score (nSPS) is 12.1. The summed E-state index contributed by atoms with van der Waals surface area (Å²) < 4.78 is 26.4. The maximum absolute atomic E-state index is 13.1. The fraction of sp³-hybridized carbons (Fsp3) is 0.167. The number of ether oxygens (including phenoxy) is 1. The average Bonchev–Trinajstić information content (AvgIpc) is 2.93. The number of pyridine rings is 1. The number of hydrogen-bond acceptors (Lipinski definition) is 4. The van der Waals surface area contributed by atoms with Gasteiger partial charge in [0, 0.05) is 31.0 Å². The molecule has 0 spiro atoms. The number of methoxy groups -OCH3 is 1. The first-order valence-corrected chi connectivity index (χ1v) is 11.7. The Morgan fingerprint density at radius 3 is 2.42 bits per heavy atom. The fourth-order valence-electron chi connectivity index (χ4n) is 3.93. The summed E-state index contributed by atoms with van der Waals surface area (Å²) in [5.41, 5.74) is 4.86. The van der Waals surface area contributed by atoms with Crippen molar-refractivity contribution in [2.24, 2.45) is 0 Å². The molecule has 182 valence electrons. The van der Waals surface area contributed by atoms with Crippen LogP contribution in [0, 0.1) is 0 Å². The van der Waals surface area contributed by atoms with E-state index in [1.165, 1.54) is 12.1 Å². The predicted molar refractivity (Wildman–Crippen MR) is 141 cm³/mol. The lowest BCUT2D eigenvalue weighted by Gasteiger charge is -2.15. The number of amides is 2. The zero-order valence-corrected chi connectivity index (χ0v) is 19.7. The van der Waals surface area contributed by atoms with Gasteiger partial charge in [-0.25, -0.2) is 0 Å². The van der Waals surface area contributed by atoms with Crippen molar-refractivity contribution in [3.63, 3.8) is 0 Å². The number of aromatic nitrogens is 1. The highest BCUT2D eigenvalue weighted by Crippen LogP contribution is 2.27. The Morgan fingerprint density at radius 1 is 0.861 bits per heavy atom. The highest BCUT2D eigenvalue weighted by molar-refractivity contribution is 6.01. The van der Waals surface area contributed by atoms with Gasteiger partial charge in [0.25, 0.3) is 5.91 Å². The molecule has 6 nitrogen and oxygen atoms in total. The minimum Gasteiger partial charge on any atom is -0.497 e. The van der Waals surface area contributed by atoms with Crippen molar-refractivity contribution in [2.75, 3.05) is 13.6 Å². The van der Waals surface area contributed by atoms with Gasteiger partial charge >= 0.3 is 0 Å². The SMILES string of the molecule is [2H][13C]([2H])([2H])Oc1ccc(CC(=O)NCc2ccccc2-c2ccccc2C(=O)NCCc2cccnc2)cc1. The quantitative estimate of drug-likeness (QED) is 0.324. The molecule has 0 saturated heterocycles. The minimum absolute atomic E-state index is 0.131. The van der Waals surface area contributed by atoms with E-state index in [2.05, 4.69) is 15.6 Å². The first-order valence-electron chi connectivity index (χ1n) is 13.2. The topological polar surface area (TPSA) is 80.3 Å². The number of rotatable bonds is 10. The number of benzene rings is 3. The Bertz CT molecular complexity index is 1410. The molecule has 0 fully saturated rings. The summed E-state index contributed by atoms with van der Waals surface area (Å²) in [6.45, 7) is 0.770. The van der Waals surface area contributed by atoms with Crippen LogP contribution in [0.2, 0.25) is 0 Å². The van der Waals surface area contributed by atoms with E-state index < -0.39 is 7.04 Å². The minimum atomic E-state index is -2.52. The number of nitrogens with zero attached hydrogens (tertiary/aromatic N) is 1. The third kappa shape index (κ3) is 6.57. The molecule has 0 saturated carbocycles. The van der Waals surface area contributed by atoms with Crippen LogP contribution in [0.15, 0.2) is 97.3 Å². The van der Waals surface area contributed by atoms with Gasteiger partial charge in [-0.3, -0.25) is 14.6 Å². The summed E-state index contributed by atoms with van der Waals surface area (Å²) in [7, 11) is -2.52. The van der Waals surface area contributed by atoms with Crippen molar-refractivity contribution in [2.45, 2.75) is 19.4 Å². The number of nitrogens with one attached hydrogen (secondary N) is 2. The molecule has 0 unspecified atom stereocenters. The maximum atomic E-state index is 13.1. The molecule has 3 aromatic carbocycles. The van der Waals surface area contributed by atoms with Crippen molar-refractivity contribution in [1.29, 1.82) is 0 Å². The van der Waals surface area contributed by atoms with E-state index in [9.17, 15) is 9.59 Å². The predicted octanol–water partition coefficient (Wildman–Crippen LogP) is 4.59. The van der Waals surface area contributed by atoms with Crippen LogP contribution < -0.4 is 15.4 Å². The first-order chi connectivity index (χ1) is 18.8. The fourth-order valence-corrected chi connectivity index (χ4v) is 3.93. The molecule has 36 heavy (non-hydrogen) atoms. The lowest BCUT2D eigenvalue weighted by molar-refractivity contribution is -0.120. The van der Waals surface area contributed by atoms with E-state index in [0.29, 0.717) is 18.5 Å². The van der Waals surface area contributed by atoms with Crippen LogP contribution in [0.4, 0.5) is 0 Å². The molecule has 6 heteroatoms. The standard InChI is InChI=1S/C30H29N3O3/c1-36-25-14-12-22(13-15-25)19-29(34)33-21-24-8-2-3-9-26(24)27-10-4-5-11-28(27)30(35)32-18-16-23-7-6-17-31-20-23/h2-15,17,20H,16,18-19,21H2,1H3,(H,32,35)(H,33,34)/i1+1D3. The molecule has 0 aliphatic carbocycles. The van der Waals surface area contributed by atoms with Crippen LogP contribution >= 0.6 is 0 Å². The van der Waals surface area contributed by atoms with E-state index in [1.807, 2.05) is 54.6 Å². The van der Waals surface area contributed by atoms with Gasteiger partial charge < -0.3 is 15.4 Å². The van der Waals surface area contributed by atoms with Crippen LogP contribution in [0.1, 0.15) is 31.2 Å². The summed E-state index contributed by atoms with van der Waals surface area (Å²) in [6, 6.07) is 25.3. The third-order valence-electron chi connectivity index (χ3n) is 5.78. The van der Waals surface area contributed by atoms with E-state index in [4.69, 9.17) is 8.85 Å². The second kappa shape index (κ2) is 12.3. The average molecular weight is 484 g/mol. The lowest BCUT2D eigenvalue weighted by atomic mass is 9.95. The van der Waals surface area contributed by atoms with Crippen LogP contribution in [-0.2, 0) is 24.2 Å². The smallest absolute Gasteiger partial charge is 0.251 e. The van der Waals surface area contributed by atoms with Gasteiger partial charge in [0.2, 0.25) is 5.91 Å². The van der Waals surface area contributed by atoms with Crippen molar-refractivity contribution in [3.8, 4) is 16.9 Å². The summed E-state index contributed by atoms with van der Waals surface area (Å²) in [4.78, 5) is 29.8. The molecule has 0 atom stereocenters. The zero-order chi connectivity index (χ0) is 27.7. The summed E-state index contributed by atoms with van der Waals surface area (Å²) in [5, 5.41) is 5.94. The second-order valence-corrected chi connectivity index (χ2v) is 8.27. The van der Waals surface area contributed by atoms with E-state index >= 15 is 0 Å². The van der Waals surface area contributed by atoms with Gasteiger partial charge in [0.15, 0.2) is 0 Å². The second-order valence-electron chi connectivity index (χ2n) is 8.27. The number of carbonyl (C=O) groups is 2. The summed E-state index contributed by atoms with van der Waals surface area (Å²) >= 11 is 0. The van der Waals surface area contributed by atoms with Gasteiger partial charge in [-0.2, -0.15) is 0 Å². The number of carbonyl (C=O) groups excluding carboxylic acids is 2. The van der Waals surface area contributed by atoms with Crippen LogP contribution in [-0.4, -0.2) is 30.4 Å². The van der Waals surface area contributed by atoms with Crippen LogP contribution in [0.25, 0.3) is 11.1 Å². The van der Waals surface area contributed by atoms with E-state index in [0.717, 1.165) is 27.8 Å². The monoisotopic (exact) mass is 483 g/mol. The van der Waals surface area contributed by atoms with Gasteiger partial charge in [-0.1, -0.05) is 60.7 Å². The van der Waals surface area contributed by atoms with Crippen LogP contribution in [0.5, 0.6) is 5.75 Å². The highest BCUT2D eigenvalue weighted by atomic mass is 16.5. The van der Waals surface area contributed by atoms with Gasteiger partial charge in [-0.15, -0.1) is 0 Å². The molecule has 0 bridgehead atoms. The Labute approximate surface area is 215 Å². The first kappa shape index (κ1) is 20.9. The van der Waals surface area contributed by atoms with E-state index in [-0.39, 0.29) is 30.5 Å². The Balaban J connectivity index is 1.39. The molecule has 1 heterocycles. The Hall–Kier alpha value is -4.45. The largest absolute Gasteiger partial charge is 0.497 e. The van der Waals surface area contributed by atoms with Crippen molar-refractivity contribution in [1.82, 2.24) is 15.6 Å². The van der Waals surface area contributed by atoms with Crippen molar-refractivity contribution >= 4 is 11.8 Å². The van der Waals surface area contributed by atoms with Gasteiger partial charge in [0.1, 0.15) is 5.75 Å². The van der Waals surface area contributed by atoms with Gasteiger partial charge in [0.05, 0.1) is 17.6 Å². The lowest BCUT2D eigenvalue weighted by Crippen LogP contribution is -2.26. The molecule has 0 radical (unpaired) electrons. The maximum Gasteiger partial charge on any atom is 0.251 e. The summed E-state index contributed by atoms with van der Waals surface area (Å²) in [6.07, 6.45) is 4.32. The molecule has 0 aliphatic rings. The van der Waals surface area contributed by atoms with Gasteiger partial charge in [-0.05, 0) is 58.5 Å². The molecule has 4 aromatic rings. The van der Waals surface area contributed by atoms with Crippen molar-refractivity contribution in [3.05, 3.63) is 120 Å². The van der Waals surface area contributed by atoms with Crippen molar-refractivity contribution < 1.29 is 18.4 Å². The molecule has 2 N–H and O–H groups in total. The number of hydrogen-bond donors (Lipinski definition) is 2. The molecule has 4 rings (SSSR count). The highest BCUT2D eigenvalue weighted by Gasteiger charge is 2.15. The zero-order valence-electron chi connectivity index (χ0n) is 22.7. The van der Waals surface area contributed by atoms with E-state index in [1.54, 1.807) is 30.6 Å². The molecule has 2 amide bonds. The Morgan fingerprint density at radius 2 is 1.64 bits per heavy atom. The third-order valence-corrected chi connectivity index (χ3v) is 5.78. The molecular weight excluding hydrogens is 451 g/mol. The molecular formula is C30H29N3O3. The molecule has 0 aliphatic heterocycles. The van der Waals surface area contributed by atoms with Crippen LogP contribution in [0.3, 0.4) is 0 Å². The summed E-state index contributed by atoms with van der Waals surface area (Å²) in [5.74, 6) is -0.136. The molecule has 1 aromatic heterocycles. The Kier molecular flexibility index (Phi) is 7.14.